The molecule has 1 amide bonds. The summed E-state index contributed by atoms with van der Waals surface area (Å²) in [5.74, 6) is -1.23. The molecule has 8 heteroatoms. The number of carboxylic acid groups (broad SMARTS) is 1. The number of ether oxygens (including phenoxy) is 1. The lowest BCUT2D eigenvalue weighted by Gasteiger charge is -2.20. The van der Waals surface area contributed by atoms with Gasteiger partial charge in [0.15, 0.2) is 11.5 Å². The average Bonchev–Trinajstić information content (AvgIpc) is 2.81. The number of rotatable bonds is 3. The largest absolute Gasteiger partial charge is 0.476 e. The highest BCUT2D eigenvalue weighted by molar-refractivity contribution is 5.96. The van der Waals surface area contributed by atoms with E-state index >= 15 is 0 Å². The van der Waals surface area contributed by atoms with Gasteiger partial charge in [0.05, 0.1) is 5.69 Å². The van der Waals surface area contributed by atoms with Crippen LogP contribution >= 0.6 is 0 Å². The van der Waals surface area contributed by atoms with Gasteiger partial charge in [0, 0.05) is 12.4 Å². The molecule has 2 N–H and O–H groups in total. The van der Waals surface area contributed by atoms with Crippen molar-refractivity contribution >= 4 is 17.9 Å². The average molecular weight is 304 g/mol. The van der Waals surface area contributed by atoms with Crippen molar-refractivity contribution in [1.29, 1.82) is 0 Å². The van der Waals surface area contributed by atoms with Crippen LogP contribution in [-0.4, -0.2) is 37.3 Å². The summed E-state index contributed by atoms with van der Waals surface area (Å²) >= 11 is 0. The summed E-state index contributed by atoms with van der Waals surface area (Å²) in [5, 5.41) is 11.6. The molecule has 0 aliphatic rings. The first-order valence-electron chi connectivity index (χ1n) is 6.49. The van der Waals surface area contributed by atoms with Crippen molar-refractivity contribution in [1.82, 2.24) is 14.5 Å². The van der Waals surface area contributed by atoms with Crippen LogP contribution in [0.15, 0.2) is 30.9 Å². The van der Waals surface area contributed by atoms with E-state index < -0.39 is 17.7 Å². The highest BCUT2D eigenvalue weighted by atomic mass is 16.6. The Balaban J connectivity index is 2.38. The van der Waals surface area contributed by atoms with Crippen LogP contribution in [0.4, 0.5) is 10.6 Å². The maximum Gasteiger partial charge on any atom is 0.413 e. The predicted octanol–water partition coefficient (Wildman–Crippen LogP) is 2.31. The van der Waals surface area contributed by atoms with E-state index in [1.165, 1.54) is 10.9 Å². The predicted molar refractivity (Wildman–Crippen MR) is 78.2 cm³/mol. The lowest BCUT2D eigenvalue weighted by Crippen LogP contribution is -2.28. The van der Waals surface area contributed by atoms with Gasteiger partial charge in [-0.15, -0.1) is 0 Å². The van der Waals surface area contributed by atoms with Crippen molar-refractivity contribution in [2.24, 2.45) is 0 Å². The standard InChI is InChI=1S/C14H16N4O4/c1-14(2,3)22-13(21)17-11-10(12(19)20)16-8-18(11)9-4-6-15-7-5-9/h4-8H,1-3H3,(H,17,21)(H,19,20). The molecule has 116 valence electrons. The third-order valence-corrected chi connectivity index (χ3v) is 2.53. The van der Waals surface area contributed by atoms with Crippen LogP contribution in [-0.2, 0) is 4.74 Å². The summed E-state index contributed by atoms with van der Waals surface area (Å²) in [4.78, 5) is 30.9. The highest BCUT2D eigenvalue weighted by Crippen LogP contribution is 2.21. The molecular formula is C14H16N4O4. The fourth-order valence-corrected chi connectivity index (χ4v) is 1.73. The van der Waals surface area contributed by atoms with Gasteiger partial charge in [0.2, 0.25) is 0 Å². The molecule has 22 heavy (non-hydrogen) atoms. The number of aromatic nitrogens is 3. The maximum absolute atomic E-state index is 11.9. The Morgan fingerprint density at radius 2 is 1.91 bits per heavy atom. The zero-order chi connectivity index (χ0) is 16.3. The number of nitrogens with one attached hydrogen (secondary N) is 1. The van der Waals surface area contributed by atoms with E-state index in [0.717, 1.165) is 0 Å². The van der Waals surface area contributed by atoms with Crippen molar-refractivity contribution in [2.75, 3.05) is 5.32 Å². The van der Waals surface area contributed by atoms with Crippen LogP contribution in [0.3, 0.4) is 0 Å². The van der Waals surface area contributed by atoms with Crippen LogP contribution in [0, 0.1) is 0 Å². The molecule has 2 aromatic heterocycles. The molecule has 0 aliphatic carbocycles. The summed E-state index contributed by atoms with van der Waals surface area (Å²) in [6.45, 7) is 5.14. The van der Waals surface area contributed by atoms with E-state index in [4.69, 9.17) is 4.74 Å². The molecule has 0 unspecified atom stereocenters. The minimum atomic E-state index is -1.25. The Hall–Kier alpha value is -2.90. The number of imidazole rings is 1. The minimum absolute atomic E-state index is 0.0213. The van der Waals surface area contributed by atoms with Gasteiger partial charge < -0.3 is 9.84 Å². The summed E-state index contributed by atoms with van der Waals surface area (Å²) in [6.07, 6.45) is 3.65. The van der Waals surface area contributed by atoms with E-state index in [2.05, 4.69) is 15.3 Å². The Bertz CT molecular complexity index is 689. The Kier molecular flexibility index (Phi) is 4.11. The molecule has 8 nitrogen and oxygen atoms in total. The third-order valence-electron chi connectivity index (χ3n) is 2.53. The Labute approximate surface area is 126 Å². The first-order chi connectivity index (χ1) is 10.3. The van der Waals surface area contributed by atoms with E-state index in [9.17, 15) is 14.7 Å². The van der Waals surface area contributed by atoms with E-state index in [-0.39, 0.29) is 11.5 Å². The summed E-state index contributed by atoms with van der Waals surface area (Å²) in [5.41, 5.74) is -0.363. The number of hydrogen-bond donors (Lipinski definition) is 2. The highest BCUT2D eigenvalue weighted by Gasteiger charge is 2.23. The summed E-state index contributed by atoms with van der Waals surface area (Å²) < 4.78 is 6.58. The molecule has 2 rings (SSSR count). The summed E-state index contributed by atoms with van der Waals surface area (Å²) in [7, 11) is 0. The minimum Gasteiger partial charge on any atom is -0.476 e. The Morgan fingerprint density at radius 1 is 1.27 bits per heavy atom. The van der Waals surface area contributed by atoms with Crippen LogP contribution in [0.1, 0.15) is 31.3 Å². The zero-order valence-electron chi connectivity index (χ0n) is 12.4. The SMILES string of the molecule is CC(C)(C)OC(=O)Nc1c(C(=O)O)ncn1-c1ccncc1. The molecule has 0 spiro atoms. The fraction of sp³-hybridized carbons (Fsp3) is 0.286. The maximum atomic E-state index is 11.9. The molecule has 0 aromatic carbocycles. The van der Waals surface area contributed by atoms with Gasteiger partial charge in [-0.05, 0) is 32.9 Å². The normalized spacial score (nSPS) is 11.0. The Morgan fingerprint density at radius 3 is 2.45 bits per heavy atom. The lowest BCUT2D eigenvalue weighted by molar-refractivity contribution is 0.0635. The van der Waals surface area contributed by atoms with Crippen molar-refractivity contribution < 1.29 is 19.4 Å². The van der Waals surface area contributed by atoms with Gasteiger partial charge in [-0.2, -0.15) is 0 Å². The summed E-state index contributed by atoms with van der Waals surface area (Å²) in [6, 6.07) is 3.32. The second-order valence-corrected chi connectivity index (χ2v) is 5.45. The second-order valence-electron chi connectivity index (χ2n) is 5.45. The fourth-order valence-electron chi connectivity index (χ4n) is 1.73. The lowest BCUT2D eigenvalue weighted by atomic mass is 10.2. The molecule has 0 bridgehead atoms. The molecule has 0 saturated carbocycles. The topological polar surface area (TPSA) is 106 Å². The zero-order valence-corrected chi connectivity index (χ0v) is 12.4. The van der Waals surface area contributed by atoms with Gasteiger partial charge in [0.25, 0.3) is 0 Å². The second kappa shape index (κ2) is 5.84. The monoisotopic (exact) mass is 304 g/mol. The van der Waals surface area contributed by atoms with Gasteiger partial charge in [0.1, 0.15) is 11.9 Å². The molecule has 0 radical (unpaired) electrons. The number of aromatic carboxylic acids is 1. The molecule has 2 heterocycles. The van der Waals surface area contributed by atoms with Crippen molar-refractivity contribution in [2.45, 2.75) is 26.4 Å². The van der Waals surface area contributed by atoms with Crippen molar-refractivity contribution in [3.8, 4) is 5.69 Å². The molecule has 0 fully saturated rings. The van der Waals surface area contributed by atoms with Crippen LogP contribution in [0.2, 0.25) is 0 Å². The van der Waals surface area contributed by atoms with Gasteiger partial charge in [-0.1, -0.05) is 0 Å². The number of anilines is 1. The van der Waals surface area contributed by atoms with Gasteiger partial charge >= 0.3 is 12.1 Å². The van der Waals surface area contributed by atoms with Gasteiger partial charge in [-0.25, -0.2) is 14.6 Å². The van der Waals surface area contributed by atoms with E-state index in [1.54, 1.807) is 45.3 Å². The molecular weight excluding hydrogens is 288 g/mol. The number of hydrogen-bond acceptors (Lipinski definition) is 5. The van der Waals surface area contributed by atoms with Crippen LogP contribution in [0.25, 0.3) is 5.69 Å². The molecule has 2 aromatic rings. The third kappa shape index (κ3) is 3.60. The number of amides is 1. The first-order valence-corrected chi connectivity index (χ1v) is 6.49. The molecule has 0 atom stereocenters. The number of pyridine rings is 1. The smallest absolute Gasteiger partial charge is 0.413 e. The van der Waals surface area contributed by atoms with E-state index in [1.807, 2.05) is 0 Å². The first kappa shape index (κ1) is 15.5. The number of nitrogens with zero attached hydrogens (tertiary/aromatic N) is 3. The van der Waals surface area contributed by atoms with Crippen LogP contribution < -0.4 is 5.32 Å². The van der Waals surface area contributed by atoms with Crippen molar-refractivity contribution in [3.63, 3.8) is 0 Å². The van der Waals surface area contributed by atoms with E-state index in [0.29, 0.717) is 5.69 Å². The van der Waals surface area contributed by atoms with Crippen LogP contribution in [0.5, 0.6) is 0 Å². The quantitative estimate of drug-likeness (QED) is 0.901. The number of carbonyl (C=O) groups is 2. The van der Waals surface area contributed by atoms with Gasteiger partial charge in [-0.3, -0.25) is 14.9 Å². The molecule has 0 aliphatic heterocycles. The molecule has 0 saturated heterocycles. The number of carboxylic acids is 1. The number of carbonyl (C=O) groups excluding carboxylic acids is 1. The van der Waals surface area contributed by atoms with Crippen molar-refractivity contribution in [3.05, 3.63) is 36.5 Å².